The van der Waals surface area contributed by atoms with Gasteiger partial charge in [-0.25, -0.2) is 0 Å². The summed E-state index contributed by atoms with van der Waals surface area (Å²) in [5, 5.41) is 12.7. The molecule has 1 N–H and O–H groups in total. The molecule has 0 radical (unpaired) electrons. The molecule has 0 aliphatic carbocycles. The molecule has 0 spiro atoms. The minimum atomic E-state index is -0.662. The number of hydrogen-bond donors (Lipinski definition) is 1. The number of hydrogen-bond acceptors (Lipinski definition) is 5. The number of carbonyl (C=O) groups is 2. The molecule has 2 aromatic carbocycles. The van der Waals surface area contributed by atoms with E-state index in [2.05, 4.69) is 20.3 Å². The summed E-state index contributed by atoms with van der Waals surface area (Å²) < 4.78 is 0. The number of nitrogens with zero attached hydrogens (tertiary/aromatic N) is 4. The molecule has 2 aromatic heterocycles. The van der Waals surface area contributed by atoms with E-state index in [4.69, 9.17) is 23.2 Å². The van der Waals surface area contributed by atoms with Gasteiger partial charge in [0.15, 0.2) is 0 Å². The zero-order valence-corrected chi connectivity index (χ0v) is 18.0. The first-order valence-electron chi connectivity index (χ1n) is 9.41. The van der Waals surface area contributed by atoms with E-state index in [0.717, 1.165) is 10.6 Å². The molecular formula is C23H15Cl2N5O2. The van der Waals surface area contributed by atoms with E-state index in [-0.39, 0.29) is 16.1 Å². The third-order valence-electron chi connectivity index (χ3n) is 4.53. The van der Waals surface area contributed by atoms with Crippen LogP contribution in [-0.2, 0) is 0 Å². The number of halogens is 2. The molecule has 4 aromatic rings. The van der Waals surface area contributed by atoms with Crippen molar-refractivity contribution in [2.45, 2.75) is 0 Å². The topological polar surface area (TPSA) is 91.3 Å². The van der Waals surface area contributed by atoms with Crippen molar-refractivity contribution in [3.63, 3.8) is 0 Å². The molecule has 0 fully saturated rings. The lowest BCUT2D eigenvalue weighted by atomic mass is 10.1. The average Bonchev–Trinajstić information content (AvgIpc) is 3.29. The number of carbonyl (C=O) groups excluding carboxylic acids is 2. The number of imide groups is 1. The Balaban J connectivity index is 1.72. The molecule has 4 rings (SSSR count). The van der Waals surface area contributed by atoms with Crippen LogP contribution in [0.3, 0.4) is 0 Å². The molecule has 32 heavy (non-hydrogen) atoms. The van der Waals surface area contributed by atoms with Crippen LogP contribution in [0.4, 0.5) is 0 Å². The number of rotatable bonds is 5. The van der Waals surface area contributed by atoms with E-state index in [9.17, 15) is 9.59 Å². The van der Waals surface area contributed by atoms with E-state index in [0.29, 0.717) is 16.3 Å². The van der Waals surface area contributed by atoms with Crippen LogP contribution in [0, 0.1) is 0 Å². The van der Waals surface area contributed by atoms with Crippen LogP contribution in [-0.4, -0.2) is 38.2 Å². The normalized spacial score (nSPS) is 10.9. The van der Waals surface area contributed by atoms with Gasteiger partial charge in [-0.05, 0) is 36.4 Å². The number of aromatic amines is 1. The lowest BCUT2D eigenvalue weighted by Gasteiger charge is -2.16. The van der Waals surface area contributed by atoms with Crippen molar-refractivity contribution in [2.24, 2.45) is 5.10 Å². The van der Waals surface area contributed by atoms with Gasteiger partial charge in [0.2, 0.25) is 0 Å². The van der Waals surface area contributed by atoms with Gasteiger partial charge in [-0.15, -0.1) is 0 Å². The SMILES string of the molecule is O=C(c1ccncc1)N(/N=C/c1cn[nH]c1-c1ccc(Cl)cc1)C(=O)c1ccccc1Cl. The molecule has 0 bridgehead atoms. The highest BCUT2D eigenvalue weighted by atomic mass is 35.5. The number of amides is 2. The van der Waals surface area contributed by atoms with Crippen LogP contribution in [0.15, 0.2) is 84.4 Å². The van der Waals surface area contributed by atoms with Crippen molar-refractivity contribution in [2.75, 3.05) is 0 Å². The van der Waals surface area contributed by atoms with E-state index < -0.39 is 11.8 Å². The molecule has 9 heteroatoms. The average molecular weight is 464 g/mol. The second-order valence-corrected chi connectivity index (χ2v) is 7.43. The minimum Gasteiger partial charge on any atom is -0.277 e. The van der Waals surface area contributed by atoms with Crippen molar-refractivity contribution in [3.8, 4) is 11.3 Å². The Kier molecular flexibility index (Phi) is 6.39. The maximum Gasteiger partial charge on any atom is 0.283 e. The molecule has 0 saturated heterocycles. The molecule has 7 nitrogen and oxygen atoms in total. The highest BCUT2D eigenvalue weighted by Crippen LogP contribution is 2.23. The van der Waals surface area contributed by atoms with Crippen LogP contribution in [0.5, 0.6) is 0 Å². The summed E-state index contributed by atoms with van der Waals surface area (Å²) in [6, 6.07) is 16.6. The van der Waals surface area contributed by atoms with Crippen molar-refractivity contribution in [3.05, 3.63) is 106 Å². The Hall–Kier alpha value is -3.81. The molecule has 0 unspecified atom stereocenters. The summed E-state index contributed by atoms with van der Waals surface area (Å²) in [7, 11) is 0. The van der Waals surface area contributed by atoms with Gasteiger partial charge in [-0.1, -0.05) is 47.5 Å². The van der Waals surface area contributed by atoms with Gasteiger partial charge in [0.1, 0.15) is 0 Å². The second-order valence-electron chi connectivity index (χ2n) is 6.59. The van der Waals surface area contributed by atoms with E-state index in [1.165, 1.54) is 36.8 Å². The van der Waals surface area contributed by atoms with Crippen LogP contribution in [0.2, 0.25) is 10.0 Å². The molecule has 2 heterocycles. The van der Waals surface area contributed by atoms with Gasteiger partial charge in [0.05, 0.1) is 28.7 Å². The summed E-state index contributed by atoms with van der Waals surface area (Å²) in [6.45, 7) is 0. The molecule has 0 aliphatic heterocycles. The zero-order valence-electron chi connectivity index (χ0n) is 16.4. The number of aromatic nitrogens is 3. The number of benzene rings is 2. The smallest absolute Gasteiger partial charge is 0.277 e. The Morgan fingerprint density at radius 3 is 2.38 bits per heavy atom. The minimum absolute atomic E-state index is 0.152. The highest BCUT2D eigenvalue weighted by Gasteiger charge is 2.25. The van der Waals surface area contributed by atoms with Gasteiger partial charge in [-0.2, -0.15) is 15.2 Å². The zero-order chi connectivity index (χ0) is 22.5. The Labute approximate surface area is 193 Å². The van der Waals surface area contributed by atoms with Gasteiger partial charge in [-0.3, -0.25) is 19.7 Å². The van der Waals surface area contributed by atoms with Crippen molar-refractivity contribution in [1.29, 1.82) is 0 Å². The molecule has 0 aliphatic rings. The number of H-pyrrole nitrogens is 1. The fourth-order valence-corrected chi connectivity index (χ4v) is 3.27. The Morgan fingerprint density at radius 1 is 0.938 bits per heavy atom. The van der Waals surface area contributed by atoms with Gasteiger partial charge in [0, 0.05) is 34.1 Å². The molecule has 158 valence electrons. The first-order chi connectivity index (χ1) is 15.5. The number of nitrogens with one attached hydrogen (secondary N) is 1. The summed E-state index contributed by atoms with van der Waals surface area (Å²) in [6.07, 6.45) is 5.86. The summed E-state index contributed by atoms with van der Waals surface area (Å²) >= 11 is 12.2. The largest absolute Gasteiger partial charge is 0.283 e. The summed E-state index contributed by atoms with van der Waals surface area (Å²) in [4.78, 5) is 30.2. The fourth-order valence-electron chi connectivity index (χ4n) is 2.92. The van der Waals surface area contributed by atoms with Crippen molar-refractivity contribution < 1.29 is 9.59 Å². The van der Waals surface area contributed by atoms with E-state index in [1.807, 2.05) is 12.1 Å². The van der Waals surface area contributed by atoms with Crippen molar-refractivity contribution in [1.82, 2.24) is 20.2 Å². The predicted octanol–water partition coefficient (Wildman–Crippen LogP) is 5.10. The van der Waals surface area contributed by atoms with E-state index in [1.54, 1.807) is 36.5 Å². The Bertz CT molecular complexity index is 1290. The third-order valence-corrected chi connectivity index (χ3v) is 5.11. The summed E-state index contributed by atoms with van der Waals surface area (Å²) in [5.74, 6) is -1.28. The first-order valence-corrected chi connectivity index (χ1v) is 10.2. The van der Waals surface area contributed by atoms with Crippen LogP contribution in [0.25, 0.3) is 11.3 Å². The molecule has 0 saturated carbocycles. The third kappa shape index (κ3) is 4.59. The molecular weight excluding hydrogens is 449 g/mol. The van der Waals surface area contributed by atoms with Gasteiger partial charge in [0.25, 0.3) is 11.8 Å². The number of hydrazone groups is 1. The lowest BCUT2D eigenvalue weighted by molar-refractivity contribution is 0.0622. The molecule has 2 amide bonds. The van der Waals surface area contributed by atoms with Crippen LogP contribution >= 0.6 is 23.2 Å². The maximum absolute atomic E-state index is 13.2. The second kappa shape index (κ2) is 9.55. The number of pyridine rings is 1. The lowest BCUT2D eigenvalue weighted by Crippen LogP contribution is -2.32. The van der Waals surface area contributed by atoms with Crippen molar-refractivity contribution >= 4 is 41.2 Å². The van der Waals surface area contributed by atoms with Gasteiger partial charge >= 0.3 is 0 Å². The monoisotopic (exact) mass is 463 g/mol. The maximum atomic E-state index is 13.2. The van der Waals surface area contributed by atoms with Gasteiger partial charge < -0.3 is 0 Å². The Morgan fingerprint density at radius 2 is 1.66 bits per heavy atom. The molecule has 0 atom stereocenters. The predicted molar refractivity (Wildman–Crippen MR) is 123 cm³/mol. The van der Waals surface area contributed by atoms with E-state index >= 15 is 0 Å². The standard InChI is InChI=1S/C23H15Cl2N5O2/c24-18-7-5-15(6-8-18)21-17(13-27-29-21)14-28-30(22(31)16-9-11-26-12-10-16)23(32)19-3-1-2-4-20(19)25/h1-14H,(H,27,29)/b28-14+. The van der Waals surface area contributed by atoms with Crippen LogP contribution in [0.1, 0.15) is 26.3 Å². The highest BCUT2D eigenvalue weighted by molar-refractivity contribution is 6.34. The van der Waals surface area contributed by atoms with Crippen LogP contribution < -0.4 is 0 Å². The summed E-state index contributed by atoms with van der Waals surface area (Å²) in [5.41, 5.74) is 2.46. The quantitative estimate of drug-likeness (QED) is 0.253. The first kappa shape index (κ1) is 21.4. The fraction of sp³-hybridized carbons (Fsp3) is 0.